The lowest BCUT2D eigenvalue weighted by molar-refractivity contribution is 0.354. The summed E-state index contributed by atoms with van der Waals surface area (Å²) in [5.41, 5.74) is 0. The fourth-order valence-corrected chi connectivity index (χ4v) is 3.98. The van der Waals surface area contributed by atoms with Crippen LogP contribution in [0.3, 0.4) is 0 Å². The molecule has 0 aliphatic heterocycles. The summed E-state index contributed by atoms with van der Waals surface area (Å²) in [7, 11) is 0. The normalized spacial score (nSPS) is 21.5. The lowest BCUT2D eigenvalue weighted by Gasteiger charge is -2.31. The molecule has 2 saturated carbocycles. The molecule has 116 valence electrons. The van der Waals surface area contributed by atoms with Crippen LogP contribution in [0.5, 0.6) is 0 Å². The molecule has 0 heterocycles. The van der Waals surface area contributed by atoms with Crippen LogP contribution in [0.1, 0.15) is 70.6 Å². The van der Waals surface area contributed by atoms with Gasteiger partial charge in [0.15, 0.2) is 0 Å². The van der Waals surface area contributed by atoms with Crippen molar-refractivity contribution >= 4 is 25.3 Å². The molecule has 0 unspecified atom stereocenters. The average molecular weight is 315 g/mol. The van der Waals surface area contributed by atoms with Gasteiger partial charge in [0, 0.05) is 17.0 Å². The molecule has 2 fully saturated rings. The van der Waals surface area contributed by atoms with E-state index in [-0.39, 0.29) is 0 Å². The van der Waals surface area contributed by atoms with E-state index in [1.54, 1.807) is 0 Å². The van der Waals surface area contributed by atoms with Crippen LogP contribution < -0.4 is 10.6 Å². The lowest BCUT2D eigenvalue weighted by Crippen LogP contribution is -2.41. The molecule has 0 aromatic carbocycles. The van der Waals surface area contributed by atoms with Crippen molar-refractivity contribution in [1.82, 2.24) is 10.6 Å². The number of hydrogen-bond acceptors (Lipinski definition) is 4. The highest BCUT2D eigenvalue weighted by Gasteiger charge is 2.19. The molecule has 0 bridgehead atoms. The molecule has 2 nitrogen and oxygen atoms in total. The monoisotopic (exact) mass is 314 g/mol. The van der Waals surface area contributed by atoms with Gasteiger partial charge in [-0.3, -0.25) is 0 Å². The van der Waals surface area contributed by atoms with Gasteiger partial charge in [-0.25, -0.2) is 0 Å². The molecule has 2 aliphatic rings. The van der Waals surface area contributed by atoms with Gasteiger partial charge >= 0.3 is 0 Å². The maximum atomic E-state index is 4.71. The first-order chi connectivity index (χ1) is 9.79. The Labute approximate surface area is 135 Å². The SMILES string of the molecule is SCCC(S)=C(NC1CCCCC1)NC1CCCCC1. The summed E-state index contributed by atoms with van der Waals surface area (Å²) in [6.07, 6.45) is 14.4. The van der Waals surface area contributed by atoms with Crippen LogP contribution in [0.4, 0.5) is 0 Å². The molecule has 2 aliphatic carbocycles. The number of hydrogen-bond donors (Lipinski definition) is 4. The molecule has 2 rings (SSSR count). The summed E-state index contributed by atoms with van der Waals surface area (Å²) in [6.45, 7) is 0. The van der Waals surface area contributed by atoms with E-state index < -0.39 is 0 Å². The van der Waals surface area contributed by atoms with Crippen LogP contribution in [0, 0.1) is 0 Å². The number of thiol groups is 2. The molecule has 0 saturated heterocycles. The van der Waals surface area contributed by atoms with E-state index in [0.717, 1.165) is 17.1 Å². The number of nitrogens with one attached hydrogen (secondary N) is 2. The molecular formula is C16H30N2S2. The van der Waals surface area contributed by atoms with E-state index in [1.165, 1.54) is 70.0 Å². The summed E-state index contributed by atoms with van der Waals surface area (Å²) < 4.78 is 0. The quantitative estimate of drug-likeness (QED) is 0.551. The lowest BCUT2D eigenvalue weighted by atomic mass is 9.94. The third-order valence-electron chi connectivity index (χ3n) is 4.54. The minimum atomic E-state index is 0.636. The molecule has 0 aromatic heterocycles. The van der Waals surface area contributed by atoms with E-state index in [0.29, 0.717) is 12.1 Å². The van der Waals surface area contributed by atoms with Gasteiger partial charge in [-0.15, -0.1) is 12.6 Å². The van der Waals surface area contributed by atoms with Crippen molar-refractivity contribution in [3.63, 3.8) is 0 Å². The Balaban J connectivity index is 1.93. The zero-order chi connectivity index (χ0) is 14.2. The first-order valence-corrected chi connectivity index (χ1v) is 9.43. The fraction of sp³-hybridized carbons (Fsp3) is 0.875. The van der Waals surface area contributed by atoms with Crippen molar-refractivity contribution in [2.24, 2.45) is 0 Å². The summed E-state index contributed by atoms with van der Waals surface area (Å²) in [5.74, 6) is 2.06. The van der Waals surface area contributed by atoms with E-state index in [2.05, 4.69) is 23.3 Å². The second-order valence-electron chi connectivity index (χ2n) is 6.25. The largest absolute Gasteiger partial charge is 0.369 e. The molecular weight excluding hydrogens is 284 g/mol. The second-order valence-corrected chi connectivity index (χ2v) is 7.24. The van der Waals surface area contributed by atoms with E-state index in [4.69, 9.17) is 12.6 Å². The van der Waals surface area contributed by atoms with Gasteiger partial charge < -0.3 is 10.6 Å². The molecule has 2 N–H and O–H groups in total. The van der Waals surface area contributed by atoms with Gasteiger partial charge in [-0.2, -0.15) is 12.6 Å². The van der Waals surface area contributed by atoms with Crippen LogP contribution in [0.25, 0.3) is 0 Å². The number of rotatable bonds is 6. The topological polar surface area (TPSA) is 24.1 Å². The highest BCUT2D eigenvalue weighted by Crippen LogP contribution is 2.22. The van der Waals surface area contributed by atoms with E-state index >= 15 is 0 Å². The third-order valence-corrected chi connectivity index (χ3v) is 5.22. The third kappa shape index (κ3) is 5.44. The predicted octanol–water partition coefficient (Wildman–Crippen LogP) is 4.25. The van der Waals surface area contributed by atoms with Gasteiger partial charge in [0.1, 0.15) is 5.82 Å². The van der Waals surface area contributed by atoms with Gasteiger partial charge in [0.05, 0.1) is 0 Å². The molecule has 4 heteroatoms. The highest BCUT2D eigenvalue weighted by molar-refractivity contribution is 7.84. The average Bonchev–Trinajstić information content (AvgIpc) is 2.49. The molecule has 0 amide bonds. The second kappa shape index (κ2) is 9.14. The van der Waals surface area contributed by atoms with Crippen molar-refractivity contribution in [3.8, 4) is 0 Å². The molecule has 0 radical (unpaired) electrons. The summed E-state index contributed by atoms with van der Waals surface area (Å²) in [6, 6.07) is 1.27. The molecule has 20 heavy (non-hydrogen) atoms. The Morgan fingerprint density at radius 3 is 1.65 bits per heavy atom. The maximum absolute atomic E-state index is 4.71. The fourth-order valence-electron chi connectivity index (χ4n) is 3.34. The zero-order valence-corrected chi connectivity index (χ0v) is 14.3. The Bertz CT molecular complexity index is 284. The van der Waals surface area contributed by atoms with E-state index in [1.807, 2.05) is 0 Å². The Hall–Kier alpha value is 0.0400. The smallest absolute Gasteiger partial charge is 0.109 e. The Kier molecular flexibility index (Phi) is 7.50. The van der Waals surface area contributed by atoms with Gasteiger partial charge in [0.2, 0.25) is 0 Å². The number of allylic oxidation sites excluding steroid dienone is 1. The minimum absolute atomic E-state index is 0.636. The van der Waals surface area contributed by atoms with Crippen molar-refractivity contribution in [2.45, 2.75) is 82.7 Å². The van der Waals surface area contributed by atoms with Gasteiger partial charge in [-0.1, -0.05) is 38.5 Å². The predicted molar refractivity (Wildman–Crippen MR) is 94.5 cm³/mol. The highest BCUT2D eigenvalue weighted by atomic mass is 32.1. The standard InChI is InChI=1S/C16H30N2S2/c19-12-11-15(20)16(17-13-7-3-1-4-8-13)18-14-9-5-2-6-10-14/h13-14,17-20H,1-12H2. The first-order valence-electron chi connectivity index (χ1n) is 8.35. The van der Waals surface area contributed by atoms with Crippen LogP contribution >= 0.6 is 25.3 Å². The Morgan fingerprint density at radius 2 is 1.25 bits per heavy atom. The van der Waals surface area contributed by atoms with Gasteiger partial charge in [0.25, 0.3) is 0 Å². The molecule has 0 aromatic rings. The van der Waals surface area contributed by atoms with Crippen LogP contribution in [-0.4, -0.2) is 17.8 Å². The van der Waals surface area contributed by atoms with Crippen molar-refractivity contribution in [1.29, 1.82) is 0 Å². The van der Waals surface area contributed by atoms with Crippen molar-refractivity contribution < 1.29 is 0 Å². The maximum Gasteiger partial charge on any atom is 0.109 e. The van der Waals surface area contributed by atoms with Crippen LogP contribution in [0.2, 0.25) is 0 Å². The van der Waals surface area contributed by atoms with Crippen molar-refractivity contribution in [3.05, 3.63) is 10.7 Å². The van der Waals surface area contributed by atoms with E-state index in [9.17, 15) is 0 Å². The molecule has 0 spiro atoms. The summed E-state index contributed by atoms with van der Waals surface area (Å²) in [5, 5.41) is 7.49. The van der Waals surface area contributed by atoms with Crippen LogP contribution in [-0.2, 0) is 0 Å². The Morgan fingerprint density at radius 1 is 0.800 bits per heavy atom. The first kappa shape index (κ1) is 16.4. The van der Waals surface area contributed by atoms with Crippen molar-refractivity contribution in [2.75, 3.05) is 5.75 Å². The molecule has 0 atom stereocenters. The zero-order valence-electron chi connectivity index (χ0n) is 12.5. The summed E-state index contributed by atoms with van der Waals surface area (Å²) >= 11 is 9.06. The van der Waals surface area contributed by atoms with Gasteiger partial charge in [-0.05, 0) is 37.9 Å². The minimum Gasteiger partial charge on any atom is -0.369 e. The summed E-state index contributed by atoms with van der Waals surface area (Å²) in [4.78, 5) is 1.15. The van der Waals surface area contributed by atoms with Crippen LogP contribution in [0.15, 0.2) is 10.7 Å².